The molecular formula is C17H24FN3O6S. The molecule has 1 aliphatic heterocycles. The Balaban J connectivity index is 1.88. The average Bonchev–Trinajstić information content (AvgIpc) is 3.09. The maximum absolute atomic E-state index is 14.2. The number of thioether (sulfide) groups is 1. The van der Waals surface area contributed by atoms with Crippen molar-refractivity contribution in [3.8, 4) is 0 Å². The highest BCUT2D eigenvalue weighted by Gasteiger charge is 2.27. The molecule has 1 N–H and O–H groups in total. The molecule has 0 unspecified atom stereocenters. The van der Waals surface area contributed by atoms with Gasteiger partial charge in [0.2, 0.25) is 0 Å². The lowest BCUT2D eigenvalue weighted by Gasteiger charge is -2.14. The fourth-order valence-corrected chi connectivity index (χ4v) is 3.44. The molecule has 9 nitrogen and oxygen atoms in total. The second kappa shape index (κ2) is 11.0. The van der Waals surface area contributed by atoms with Crippen LogP contribution in [-0.2, 0) is 25.5 Å². The number of amides is 1. The minimum Gasteiger partial charge on any atom is -0.462 e. The van der Waals surface area contributed by atoms with Crippen LogP contribution in [0.1, 0.15) is 33.1 Å². The topological polar surface area (TPSA) is 109 Å². The number of anilines is 1. The van der Waals surface area contributed by atoms with E-state index in [1.165, 1.54) is 18.7 Å². The molecule has 0 spiro atoms. The van der Waals surface area contributed by atoms with Crippen molar-refractivity contribution in [2.75, 3.05) is 24.3 Å². The van der Waals surface area contributed by atoms with Crippen LogP contribution in [0.4, 0.5) is 15.0 Å². The Bertz CT molecular complexity index is 744. The van der Waals surface area contributed by atoms with Crippen LogP contribution in [0.3, 0.4) is 0 Å². The number of nitrogens with zero attached hydrogens (tertiary/aromatic N) is 2. The number of rotatable bonds is 9. The van der Waals surface area contributed by atoms with Crippen molar-refractivity contribution in [2.45, 2.75) is 51.2 Å². The first-order valence-corrected chi connectivity index (χ1v) is 10.0. The molecule has 2 atom stereocenters. The molecule has 0 radical (unpaired) electrons. The van der Waals surface area contributed by atoms with E-state index in [0.29, 0.717) is 12.2 Å². The molecule has 28 heavy (non-hydrogen) atoms. The van der Waals surface area contributed by atoms with Crippen molar-refractivity contribution >= 4 is 29.6 Å². The molecule has 156 valence electrons. The largest absolute Gasteiger partial charge is 0.462 e. The van der Waals surface area contributed by atoms with Gasteiger partial charge in [0.25, 0.3) is 0 Å². The van der Waals surface area contributed by atoms with Crippen LogP contribution in [0.25, 0.3) is 0 Å². The van der Waals surface area contributed by atoms with Gasteiger partial charge in [-0.15, -0.1) is 11.8 Å². The second-order valence-corrected chi connectivity index (χ2v) is 7.36. The van der Waals surface area contributed by atoms with Crippen LogP contribution in [0, 0.1) is 5.82 Å². The molecule has 0 aliphatic carbocycles. The number of aromatic nitrogens is 2. The van der Waals surface area contributed by atoms with Gasteiger partial charge in [-0.3, -0.25) is 14.7 Å². The van der Waals surface area contributed by atoms with E-state index in [0.717, 1.165) is 23.6 Å². The zero-order valence-corrected chi connectivity index (χ0v) is 16.6. The van der Waals surface area contributed by atoms with E-state index >= 15 is 0 Å². The first-order valence-electron chi connectivity index (χ1n) is 9.00. The molecule has 2 heterocycles. The summed E-state index contributed by atoms with van der Waals surface area (Å²) >= 11 is 1.44. The summed E-state index contributed by atoms with van der Waals surface area (Å²) < 4.78 is 30.7. The highest BCUT2D eigenvalue weighted by atomic mass is 32.2. The van der Waals surface area contributed by atoms with Crippen LogP contribution >= 0.6 is 11.8 Å². The van der Waals surface area contributed by atoms with Gasteiger partial charge in [-0.1, -0.05) is 19.8 Å². The number of ether oxygens (including phenoxy) is 3. The summed E-state index contributed by atoms with van der Waals surface area (Å²) in [6, 6.07) is 0. The number of carbonyl (C=O) groups is 2. The van der Waals surface area contributed by atoms with E-state index < -0.39 is 29.4 Å². The fraction of sp³-hybridized carbons (Fsp3) is 0.647. The fourth-order valence-electron chi connectivity index (χ4n) is 2.43. The van der Waals surface area contributed by atoms with Crippen LogP contribution in [-0.4, -0.2) is 52.1 Å². The minimum atomic E-state index is -0.858. The number of halogens is 1. The first-order chi connectivity index (χ1) is 13.4. The standard InChI is InChI=1S/C17H24FN3O6S/c1-3-4-5-6-25-17(24)20-15-13(18)8-21(16(23)19-15)7-12-10-28-14(27-12)9-26-11(2)22/h8,12,14H,3-7,9-10H2,1-2H3,(H,19,20,23,24)/t12-,14-/m1/s1. The maximum Gasteiger partial charge on any atom is 0.412 e. The summed E-state index contributed by atoms with van der Waals surface area (Å²) in [5.41, 5.74) is -1.05. The number of unbranched alkanes of at least 4 members (excludes halogenated alkanes) is 2. The molecule has 2 rings (SSSR count). The molecule has 0 aromatic carbocycles. The monoisotopic (exact) mass is 417 g/mol. The lowest BCUT2D eigenvalue weighted by Crippen LogP contribution is -2.31. The lowest BCUT2D eigenvalue weighted by molar-refractivity contribution is -0.143. The van der Waals surface area contributed by atoms with Gasteiger partial charge < -0.3 is 14.2 Å². The minimum absolute atomic E-state index is 0.0913. The highest BCUT2D eigenvalue weighted by molar-refractivity contribution is 8.00. The van der Waals surface area contributed by atoms with Gasteiger partial charge in [0.1, 0.15) is 12.0 Å². The maximum atomic E-state index is 14.2. The van der Waals surface area contributed by atoms with Crippen molar-refractivity contribution in [2.24, 2.45) is 0 Å². The molecule has 1 fully saturated rings. The zero-order chi connectivity index (χ0) is 20.5. The summed E-state index contributed by atoms with van der Waals surface area (Å²) in [7, 11) is 0. The second-order valence-electron chi connectivity index (χ2n) is 6.16. The lowest BCUT2D eigenvalue weighted by atomic mass is 10.3. The van der Waals surface area contributed by atoms with Crippen LogP contribution in [0.15, 0.2) is 11.0 Å². The third-order valence-electron chi connectivity index (χ3n) is 3.79. The van der Waals surface area contributed by atoms with Crippen LogP contribution in [0.5, 0.6) is 0 Å². The molecule has 1 aromatic rings. The predicted octanol–water partition coefficient (Wildman–Crippen LogP) is 2.14. The number of hydrogen-bond donors (Lipinski definition) is 1. The van der Waals surface area contributed by atoms with Gasteiger partial charge in [0.15, 0.2) is 11.6 Å². The SMILES string of the molecule is CCCCCOC(=O)Nc1nc(=O)n(C[C@@H]2CS[C@H](COC(C)=O)O2)cc1F. The molecule has 0 bridgehead atoms. The van der Waals surface area contributed by atoms with Crippen molar-refractivity contribution in [3.63, 3.8) is 0 Å². The average molecular weight is 417 g/mol. The third-order valence-corrected chi connectivity index (χ3v) is 4.97. The summed E-state index contributed by atoms with van der Waals surface area (Å²) in [5.74, 6) is -1.17. The van der Waals surface area contributed by atoms with E-state index in [4.69, 9.17) is 14.2 Å². The zero-order valence-electron chi connectivity index (χ0n) is 15.8. The Morgan fingerprint density at radius 1 is 1.43 bits per heavy atom. The molecule has 0 saturated carbocycles. The molecule has 1 aromatic heterocycles. The summed E-state index contributed by atoms with van der Waals surface area (Å²) in [4.78, 5) is 38.2. The molecule has 1 saturated heterocycles. The summed E-state index contributed by atoms with van der Waals surface area (Å²) in [6.07, 6.45) is 2.36. The quantitative estimate of drug-likeness (QED) is 0.481. The predicted molar refractivity (Wildman–Crippen MR) is 101 cm³/mol. The summed E-state index contributed by atoms with van der Waals surface area (Å²) in [5, 5.41) is 2.14. The normalized spacial score (nSPS) is 18.7. The molecule has 1 amide bonds. The Morgan fingerprint density at radius 2 is 2.21 bits per heavy atom. The Hall–Kier alpha value is -2.14. The van der Waals surface area contributed by atoms with Gasteiger partial charge in [-0.05, 0) is 6.42 Å². The van der Waals surface area contributed by atoms with Gasteiger partial charge in [0, 0.05) is 18.9 Å². The van der Waals surface area contributed by atoms with E-state index in [9.17, 15) is 18.8 Å². The van der Waals surface area contributed by atoms with Gasteiger partial charge >= 0.3 is 17.8 Å². The van der Waals surface area contributed by atoms with E-state index in [1.54, 1.807) is 0 Å². The van der Waals surface area contributed by atoms with Crippen molar-refractivity contribution in [3.05, 3.63) is 22.5 Å². The van der Waals surface area contributed by atoms with Crippen LogP contribution in [0.2, 0.25) is 0 Å². The Labute approximate surface area is 165 Å². The third kappa shape index (κ3) is 7.12. The number of nitrogens with one attached hydrogen (secondary N) is 1. The Kier molecular flexibility index (Phi) is 8.71. The van der Waals surface area contributed by atoms with Crippen molar-refractivity contribution in [1.29, 1.82) is 0 Å². The number of esters is 1. The van der Waals surface area contributed by atoms with Crippen molar-refractivity contribution in [1.82, 2.24) is 9.55 Å². The van der Waals surface area contributed by atoms with E-state index in [2.05, 4.69) is 10.3 Å². The van der Waals surface area contributed by atoms with Crippen LogP contribution < -0.4 is 11.0 Å². The van der Waals surface area contributed by atoms with E-state index in [-0.39, 0.29) is 31.3 Å². The van der Waals surface area contributed by atoms with Gasteiger partial charge in [-0.2, -0.15) is 4.98 Å². The molecule has 11 heteroatoms. The molecular weight excluding hydrogens is 393 g/mol. The smallest absolute Gasteiger partial charge is 0.412 e. The summed E-state index contributed by atoms with van der Waals surface area (Å²) in [6.45, 7) is 3.74. The number of hydrogen-bond acceptors (Lipinski definition) is 8. The number of carbonyl (C=O) groups excluding carboxylic acids is 2. The molecule has 1 aliphatic rings. The highest BCUT2D eigenvalue weighted by Crippen LogP contribution is 2.26. The van der Waals surface area contributed by atoms with E-state index in [1.807, 2.05) is 6.92 Å². The van der Waals surface area contributed by atoms with Crippen molar-refractivity contribution < 1.29 is 28.2 Å². The van der Waals surface area contributed by atoms with Gasteiger partial charge in [-0.25, -0.2) is 14.0 Å². The first kappa shape index (κ1) is 22.2. The van der Waals surface area contributed by atoms with Gasteiger partial charge in [0.05, 0.1) is 19.3 Å². The Morgan fingerprint density at radius 3 is 2.93 bits per heavy atom.